The number of fused-ring (bicyclic) bond motifs is 1. The van der Waals surface area contributed by atoms with Crippen molar-refractivity contribution < 1.29 is 24.9 Å². The van der Waals surface area contributed by atoms with E-state index in [2.05, 4.69) is 40.0 Å². The van der Waals surface area contributed by atoms with Crippen molar-refractivity contribution in [2.24, 2.45) is 0 Å². The molecule has 0 unspecified atom stereocenters. The highest BCUT2D eigenvalue weighted by Gasteiger charge is 2.44. The minimum absolute atomic E-state index is 0.0163. The average Bonchev–Trinajstić information content (AvgIpc) is 3.92. The minimum atomic E-state index is -1.13. The normalized spacial score (nSPS) is 22.2. The van der Waals surface area contributed by atoms with Crippen LogP contribution in [0.25, 0.3) is 11.2 Å². The molecule has 1 aliphatic heterocycles. The third kappa shape index (κ3) is 7.39. The number of nitrogens with zero attached hydrogens (tertiary/aromatic N) is 7. The van der Waals surface area contributed by atoms with Gasteiger partial charge in [0.15, 0.2) is 17.0 Å². The fourth-order valence-electron chi connectivity index (χ4n) is 7.11. The number of imidazole rings is 1. The Bertz CT molecular complexity index is 1900. The van der Waals surface area contributed by atoms with Gasteiger partial charge in [0.2, 0.25) is 5.95 Å². The van der Waals surface area contributed by atoms with Crippen LogP contribution in [0.2, 0.25) is 0 Å². The summed E-state index contributed by atoms with van der Waals surface area (Å²) >= 11 is 0. The molecule has 2 aliphatic rings. The molecule has 1 saturated carbocycles. The van der Waals surface area contributed by atoms with Gasteiger partial charge in [0.25, 0.3) is 0 Å². The smallest absolute Gasteiger partial charge is 0.407 e. The summed E-state index contributed by atoms with van der Waals surface area (Å²) in [5, 5.41) is 43.0. The van der Waals surface area contributed by atoms with E-state index in [1.165, 1.54) is 0 Å². The predicted molar refractivity (Wildman–Crippen MR) is 191 cm³/mol. The lowest BCUT2D eigenvalue weighted by molar-refractivity contribution is 0.00720. The maximum Gasteiger partial charge on any atom is 0.407 e. The van der Waals surface area contributed by atoms with Crippen molar-refractivity contribution in [1.29, 1.82) is 0 Å². The number of hydrogen-bond acceptors (Lipinski definition) is 11. The Hall–Kier alpha value is -5.05. The summed E-state index contributed by atoms with van der Waals surface area (Å²) in [6, 6.07) is 19.4. The zero-order valence-electron chi connectivity index (χ0n) is 29.0. The number of rotatable bonds is 10. The van der Waals surface area contributed by atoms with E-state index in [9.17, 15) is 20.1 Å². The van der Waals surface area contributed by atoms with E-state index in [-0.39, 0.29) is 18.6 Å². The third-order valence-corrected chi connectivity index (χ3v) is 9.64. The predicted octanol–water partition coefficient (Wildman–Crippen LogP) is 3.77. The summed E-state index contributed by atoms with van der Waals surface area (Å²) in [5.74, 6) is 1.02. The van der Waals surface area contributed by atoms with Crippen LogP contribution in [0.1, 0.15) is 68.3 Å². The lowest BCUT2D eigenvalue weighted by atomic mass is 9.91. The van der Waals surface area contributed by atoms with E-state index in [4.69, 9.17) is 19.7 Å². The van der Waals surface area contributed by atoms with Crippen LogP contribution in [0.4, 0.5) is 16.6 Å². The lowest BCUT2D eigenvalue weighted by Crippen LogP contribution is -2.40. The van der Waals surface area contributed by atoms with Crippen molar-refractivity contribution in [3.63, 3.8) is 0 Å². The molecular weight excluding hydrogens is 650 g/mol. The standard InChI is InChI=1S/C37H45N9O5/c1-37(2,3)51-36(50)41-26-14-15-44(20-26)35-42-33(38-18-27(24-10-6-4-7-11-24)25-12-8-5-9-13-25)30-34(43-35)45(22-39-30)28-16-29(32(49)31(28)48)46-19-23(21-47)17-40-46/h4-13,17,19,22,26-29,31-32,47-49H,14-16,18,20-21H2,1-3H3,(H,41,50)(H,38,42,43)/t26-,28-,29+,31+,32-/m1/s1. The van der Waals surface area contributed by atoms with Crippen molar-refractivity contribution in [2.45, 2.75) is 82.1 Å². The average molecular weight is 696 g/mol. The third-order valence-electron chi connectivity index (χ3n) is 9.64. The first-order valence-corrected chi connectivity index (χ1v) is 17.4. The van der Waals surface area contributed by atoms with Gasteiger partial charge in [-0.15, -0.1) is 0 Å². The number of nitrogens with one attached hydrogen (secondary N) is 2. The number of aromatic nitrogens is 6. The summed E-state index contributed by atoms with van der Waals surface area (Å²) in [6.07, 6.45) is 3.22. The number of aliphatic hydroxyl groups is 3. The SMILES string of the molecule is CC(C)(C)OC(=O)N[C@@H]1CCN(c2nc(NCC(c3ccccc3)c3ccccc3)c3ncn([C@@H]4C[C@H](n5cc(CO)cn5)[C@@H](O)[C@H]4O)c3n2)C1. The van der Waals surface area contributed by atoms with Crippen molar-refractivity contribution in [1.82, 2.24) is 34.6 Å². The minimum Gasteiger partial charge on any atom is -0.444 e. The van der Waals surface area contributed by atoms with Crippen LogP contribution in [0, 0.1) is 0 Å². The van der Waals surface area contributed by atoms with Crippen LogP contribution < -0.4 is 15.5 Å². The Balaban J connectivity index is 1.22. The molecule has 51 heavy (non-hydrogen) atoms. The molecule has 2 fully saturated rings. The van der Waals surface area contributed by atoms with Crippen LogP contribution in [-0.2, 0) is 11.3 Å². The summed E-state index contributed by atoms with van der Waals surface area (Å²) in [4.78, 5) is 29.3. The Labute approximate surface area is 296 Å². The number of aliphatic hydroxyl groups excluding tert-OH is 3. The van der Waals surface area contributed by atoms with Crippen LogP contribution in [0.3, 0.4) is 0 Å². The fourth-order valence-corrected chi connectivity index (χ4v) is 7.11. The van der Waals surface area contributed by atoms with E-state index >= 15 is 0 Å². The molecule has 14 heteroatoms. The molecule has 268 valence electrons. The molecule has 5 atom stereocenters. The molecule has 14 nitrogen and oxygen atoms in total. The van der Waals surface area contributed by atoms with E-state index in [1.807, 2.05) is 66.6 Å². The molecule has 1 aliphatic carbocycles. The molecule has 3 aromatic heterocycles. The molecule has 1 saturated heterocycles. The molecule has 7 rings (SSSR count). The number of alkyl carbamates (subject to hydrolysis) is 1. The number of carbonyl (C=O) groups excluding carboxylic acids is 1. The first-order valence-electron chi connectivity index (χ1n) is 17.4. The molecular formula is C37H45N9O5. The molecule has 0 spiro atoms. The highest BCUT2D eigenvalue weighted by atomic mass is 16.6. The summed E-state index contributed by atoms with van der Waals surface area (Å²) in [5.41, 5.74) is 3.36. The zero-order valence-corrected chi connectivity index (χ0v) is 29.0. The quantitative estimate of drug-likeness (QED) is 0.144. The van der Waals surface area contributed by atoms with E-state index < -0.39 is 36.0 Å². The first-order chi connectivity index (χ1) is 24.6. The van der Waals surface area contributed by atoms with Gasteiger partial charge in [0, 0.05) is 37.3 Å². The number of ether oxygens (including phenoxy) is 1. The number of hydrogen-bond donors (Lipinski definition) is 5. The van der Waals surface area contributed by atoms with Gasteiger partial charge in [0.05, 0.1) is 37.3 Å². The molecule has 0 bridgehead atoms. The highest BCUT2D eigenvalue weighted by molar-refractivity contribution is 5.84. The van der Waals surface area contributed by atoms with Crippen molar-refractivity contribution in [3.8, 4) is 0 Å². The van der Waals surface area contributed by atoms with E-state index in [1.54, 1.807) is 23.4 Å². The van der Waals surface area contributed by atoms with Gasteiger partial charge in [0.1, 0.15) is 17.8 Å². The van der Waals surface area contributed by atoms with Gasteiger partial charge in [-0.05, 0) is 44.7 Å². The van der Waals surface area contributed by atoms with E-state index in [0.29, 0.717) is 61.0 Å². The lowest BCUT2D eigenvalue weighted by Gasteiger charge is -2.23. The maximum absolute atomic E-state index is 12.6. The van der Waals surface area contributed by atoms with Gasteiger partial charge in [-0.3, -0.25) is 4.68 Å². The Morgan fingerprint density at radius 1 is 1.00 bits per heavy atom. The fraction of sp³-hybridized carbons (Fsp3) is 0.432. The van der Waals surface area contributed by atoms with Crippen LogP contribution in [-0.4, -0.2) is 94.2 Å². The zero-order chi connectivity index (χ0) is 35.7. The van der Waals surface area contributed by atoms with Crippen LogP contribution in [0.5, 0.6) is 0 Å². The van der Waals surface area contributed by atoms with Crippen molar-refractivity contribution in [2.75, 3.05) is 29.9 Å². The summed E-state index contributed by atoms with van der Waals surface area (Å²) < 4.78 is 8.90. The Kier molecular flexibility index (Phi) is 9.64. The topological polar surface area (TPSA) is 176 Å². The monoisotopic (exact) mass is 695 g/mol. The van der Waals surface area contributed by atoms with E-state index in [0.717, 1.165) is 11.1 Å². The summed E-state index contributed by atoms with van der Waals surface area (Å²) in [6.45, 7) is 6.93. The van der Waals surface area contributed by atoms with Gasteiger partial charge in [-0.25, -0.2) is 9.78 Å². The molecule has 4 heterocycles. The summed E-state index contributed by atoms with van der Waals surface area (Å²) in [7, 11) is 0. The second kappa shape index (κ2) is 14.3. The second-order valence-electron chi connectivity index (χ2n) is 14.4. The Morgan fingerprint density at radius 3 is 2.33 bits per heavy atom. The first kappa shape index (κ1) is 34.4. The molecule has 5 aromatic rings. The molecule has 0 radical (unpaired) electrons. The van der Waals surface area contributed by atoms with Gasteiger partial charge < -0.3 is 40.2 Å². The molecule has 1 amide bonds. The largest absolute Gasteiger partial charge is 0.444 e. The maximum atomic E-state index is 12.6. The number of carbonyl (C=O) groups is 1. The van der Waals surface area contributed by atoms with Gasteiger partial charge >= 0.3 is 6.09 Å². The number of amides is 1. The van der Waals surface area contributed by atoms with Gasteiger partial charge in [-0.1, -0.05) is 60.7 Å². The van der Waals surface area contributed by atoms with Crippen molar-refractivity contribution >= 4 is 29.0 Å². The Morgan fingerprint density at radius 2 is 1.69 bits per heavy atom. The molecule has 2 aromatic carbocycles. The second-order valence-corrected chi connectivity index (χ2v) is 14.4. The van der Waals surface area contributed by atoms with Crippen LogP contribution in [0.15, 0.2) is 79.4 Å². The number of anilines is 2. The van der Waals surface area contributed by atoms with Crippen molar-refractivity contribution in [3.05, 3.63) is 96.1 Å². The van der Waals surface area contributed by atoms with Crippen LogP contribution >= 0.6 is 0 Å². The number of benzene rings is 2. The molecule has 5 N–H and O–H groups in total. The van der Waals surface area contributed by atoms with Gasteiger partial charge in [-0.2, -0.15) is 15.1 Å². The highest BCUT2D eigenvalue weighted by Crippen LogP contribution is 2.40.